The third-order valence-electron chi connectivity index (χ3n) is 4.89. The van der Waals surface area contributed by atoms with Crippen LogP contribution in [0.5, 0.6) is 0 Å². The molecule has 24 heavy (non-hydrogen) atoms. The van der Waals surface area contributed by atoms with Crippen molar-refractivity contribution >= 4 is 17.6 Å². The molecule has 3 rings (SSSR count). The zero-order valence-electron chi connectivity index (χ0n) is 14.0. The van der Waals surface area contributed by atoms with Gasteiger partial charge in [0.1, 0.15) is 0 Å². The predicted octanol–water partition coefficient (Wildman–Crippen LogP) is 3.73. The highest BCUT2D eigenvalue weighted by molar-refractivity contribution is 7.13. The number of rotatable bonds is 8. The van der Waals surface area contributed by atoms with Gasteiger partial charge in [-0.25, -0.2) is 0 Å². The van der Waals surface area contributed by atoms with Gasteiger partial charge in [-0.3, -0.25) is 4.79 Å². The lowest BCUT2D eigenvalue weighted by Gasteiger charge is -2.29. The lowest BCUT2D eigenvalue weighted by Crippen LogP contribution is -2.32. The maximum absolute atomic E-state index is 10.7. The number of aldehydes is 1. The van der Waals surface area contributed by atoms with Crippen molar-refractivity contribution in [1.29, 1.82) is 0 Å². The summed E-state index contributed by atoms with van der Waals surface area (Å²) in [5, 5.41) is 9.79. The smallest absolute Gasteiger partial charge is 0.160 e. The van der Waals surface area contributed by atoms with Crippen molar-refractivity contribution in [3.05, 3.63) is 33.5 Å². The van der Waals surface area contributed by atoms with E-state index in [1.165, 1.54) is 10.5 Å². The highest BCUT2D eigenvalue weighted by Crippen LogP contribution is 2.34. The topological polar surface area (TPSA) is 55.8 Å². The van der Waals surface area contributed by atoms with E-state index < -0.39 is 0 Å². The molecule has 2 aliphatic rings. The van der Waals surface area contributed by atoms with Crippen molar-refractivity contribution in [1.82, 2.24) is 0 Å². The summed E-state index contributed by atoms with van der Waals surface area (Å²) in [5.41, 5.74) is 1.31. The van der Waals surface area contributed by atoms with Crippen LogP contribution in [0.1, 0.15) is 53.1 Å². The number of aliphatic hydroxyl groups excluding tert-OH is 1. The molecule has 1 N–H and O–H groups in total. The van der Waals surface area contributed by atoms with Gasteiger partial charge in [0, 0.05) is 17.4 Å². The first-order valence-corrected chi connectivity index (χ1v) is 9.72. The van der Waals surface area contributed by atoms with Gasteiger partial charge in [-0.2, -0.15) is 0 Å². The van der Waals surface area contributed by atoms with Crippen LogP contribution in [0.3, 0.4) is 0 Å². The van der Waals surface area contributed by atoms with Crippen LogP contribution in [0.25, 0.3) is 0 Å². The third kappa shape index (κ3) is 4.54. The molecule has 0 bridgehead atoms. The van der Waals surface area contributed by atoms with Crippen molar-refractivity contribution in [2.45, 2.75) is 57.3 Å². The second-order valence-corrected chi connectivity index (χ2v) is 7.75. The molecule has 1 aliphatic carbocycles. The number of carbonyl (C=O) groups is 1. The first kappa shape index (κ1) is 17.8. The number of aryl methyl sites for hydroxylation is 1. The monoisotopic (exact) mass is 350 g/mol. The third-order valence-corrected chi connectivity index (χ3v) is 5.96. The van der Waals surface area contributed by atoms with Crippen LogP contribution >= 0.6 is 11.3 Å². The summed E-state index contributed by atoms with van der Waals surface area (Å²) in [7, 11) is 0. The molecule has 3 atom stereocenters. The lowest BCUT2D eigenvalue weighted by atomic mass is 9.95. The first-order chi connectivity index (χ1) is 11.8. The molecular weight excluding hydrogens is 324 g/mol. The number of thiophene rings is 1. The van der Waals surface area contributed by atoms with E-state index in [1.807, 2.05) is 12.1 Å². The normalized spacial score (nSPS) is 27.2. The molecule has 1 aromatic rings. The van der Waals surface area contributed by atoms with Crippen LogP contribution in [0.2, 0.25) is 0 Å². The average Bonchev–Trinajstić information content (AvgIpc) is 3.23. The first-order valence-electron chi connectivity index (χ1n) is 8.91. The number of aliphatic hydroxyl groups is 1. The van der Waals surface area contributed by atoms with Crippen LogP contribution in [0.15, 0.2) is 23.8 Å². The van der Waals surface area contributed by atoms with Crippen LogP contribution in [-0.2, 0) is 15.9 Å². The van der Waals surface area contributed by atoms with Crippen LogP contribution < -0.4 is 0 Å². The summed E-state index contributed by atoms with van der Waals surface area (Å²) in [6.07, 6.45) is 10.2. The summed E-state index contributed by atoms with van der Waals surface area (Å²) in [6, 6.07) is 3.92. The van der Waals surface area contributed by atoms with Crippen LogP contribution in [0.4, 0.5) is 0 Å². The molecule has 1 unspecified atom stereocenters. The number of carbonyl (C=O) groups excluding carboxylic acids is 1. The number of hydrogen-bond acceptors (Lipinski definition) is 5. The molecular formula is C19H26O4S. The molecule has 0 spiro atoms. The Kier molecular flexibility index (Phi) is 6.60. The van der Waals surface area contributed by atoms with Gasteiger partial charge in [0.15, 0.2) is 12.6 Å². The van der Waals surface area contributed by atoms with Crippen molar-refractivity contribution in [2.24, 2.45) is 5.92 Å². The second-order valence-electron chi connectivity index (χ2n) is 6.55. The largest absolute Gasteiger partial charge is 0.396 e. The molecule has 5 heteroatoms. The molecule has 1 fully saturated rings. The van der Waals surface area contributed by atoms with Crippen molar-refractivity contribution < 1.29 is 19.4 Å². The summed E-state index contributed by atoms with van der Waals surface area (Å²) >= 11 is 1.57. The van der Waals surface area contributed by atoms with E-state index in [0.717, 1.165) is 62.7 Å². The minimum atomic E-state index is -0.0987. The van der Waals surface area contributed by atoms with Gasteiger partial charge in [-0.1, -0.05) is 11.6 Å². The average molecular weight is 350 g/mol. The molecule has 0 saturated carbocycles. The molecule has 0 radical (unpaired) electrons. The highest BCUT2D eigenvalue weighted by atomic mass is 32.1. The van der Waals surface area contributed by atoms with Gasteiger partial charge < -0.3 is 14.6 Å². The van der Waals surface area contributed by atoms with E-state index >= 15 is 0 Å². The quantitative estimate of drug-likeness (QED) is 0.573. The zero-order chi connectivity index (χ0) is 16.8. The summed E-state index contributed by atoms with van der Waals surface area (Å²) < 4.78 is 11.8. The summed E-state index contributed by atoms with van der Waals surface area (Å²) in [4.78, 5) is 12.8. The maximum Gasteiger partial charge on any atom is 0.160 e. The Bertz CT molecular complexity index is 559. The Morgan fingerprint density at radius 1 is 1.33 bits per heavy atom. The van der Waals surface area contributed by atoms with Gasteiger partial charge in [0.2, 0.25) is 0 Å². The molecule has 1 aromatic heterocycles. The fraction of sp³-hybridized carbons (Fsp3) is 0.632. The lowest BCUT2D eigenvalue weighted by molar-refractivity contribution is -0.195. The van der Waals surface area contributed by atoms with E-state index in [-0.39, 0.29) is 24.9 Å². The van der Waals surface area contributed by atoms with Crippen LogP contribution in [-0.4, -0.2) is 37.0 Å². The number of hydrogen-bond donors (Lipinski definition) is 1. The fourth-order valence-electron chi connectivity index (χ4n) is 3.57. The van der Waals surface area contributed by atoms with Gasteiger partial charge in [0.25, 0.3) is 0 Å². The second kappa shape index (κ2) is 8.90. The molecule has 1 aliphatic heterocycles. The fourth-order valence-corrected chi connectivity index (χ4v) is 4.44. The molecule has 2 heterocycles. The van der Waals surface area contributed by atoms with Gasteiger partial charge in [-0.05, 0) is 57.1 Å². The van der Waals surface area contributed by atoms with Gasteiger partial charge in [0.05, 0.1) is 17.6 Å². The van der Waals surface area contributed by atoms with E-state index in [4.69, 9.17) is 9.47 Å². The molecule has 1 saturated heterocycles. The summed E-state index contributed by atoms with van der Waals surface area (Å²) in [5.74, 6) is 0.101. The SMILES string of the molecule is O=Cc1ccc(CCCC2=CC[C@@H](OC3CCCCO3)[C@@H]2CO)s1. The van der Waals surface area contributed by atoms with Crippen molar-refractivity contribution in [3.63, 3.8) is 0 Å². The molecule has 0 aromatic carbocycles. The van der Waals surface area contributed by atoms with Crippen LogP contribution in [0, 0.1) is 5.92 Å². The molecule has 4 nitrogen and oxygen atoms in total. The van der Waals surface area contributed by atoms with E-state index in [1.54, 1.807) is 11.3 Å². The van der Waals surface area contributed by atoms with Crippen molar-refractivity contribution in [3.8, 4) is 0 Å². The van der Waals surface area contributed by atoms with E-state index in [2.05, 4.69) is 6.08 Å². The Morgan fingerprint density at radius 3 is 2.96 bits per heavy atom. The molecule has 132 valence electrons. The number of ether oxygens (including phenoxy) is 2. The highest BCUT2D eigenvalue weighted by Gasteiger charge is 2.32. The predicted molar refractivity (Wildman–Crippen MR) is 94.4 cm³/mol. The van der Waals surface area contributed by atoms with E-state index in [9.17, 15) is 9.90 Å². The van der Waals surface area contributed by atoms with Crippen molar-refractivity contribution in [2.75, 3.05) is 13.2 Å². The maximum atomic E-state index is 10.7. The summed E-state index contributed by atoms with van der Waals surface area (Å²) in [6.45, 7) is 0.919. The minimum absolute atomic E-state index is 0.0523. The zero-order valence-corrected chi connectivity index (χ0v) is 14.8. The Balaban J connectivity index is 1.45. The Labute approximate surface area is 147 Å². The minimum Gasteiger partial charge on any atom is -0.396 e. The van der Waals surface area contributed by atoms with E-state index in [0.29, 0.717) is 0 Å². The van der Waals surface area contributed by atoms with Gasteiger partial charge in [-0.15, -0.1) is 11.3 Å². The standard InChI is InChI=1S/C19H26O4S/c20-12-16-9-8-15(24-16)5-3-4-14-7-10-18(17(14)13-21)23-19-6-1-2-11-22-19/h7-9,12,17-19,21H,1-6,10-11,13H2/t17-,18-,19?/m1/s1. The Hall–Kier alpha value is -1.01. The Morgan fingerprint density at radius 2 is 2.25 bits per heavy atom. The molecule has 0 amide bonds. The van der Waals surface area contributed by atoms with Gasteiger partial charge >= 0.3 is 0 Å².